The third kappa shape index (κ3) is 3.19. The molecule has 3 aromatic rings. The number of phenols is 1. The smallest absolute Gasteiger partial charge is 0.252 e. The molecule has 0 spiro atoms. The molecule has 1 aromatic carbocycles. The highest BCUT2D eigenvalue weighted by Gasteiger charge is 2.56. The Labute approximate surface area is 173 Å². The van der Waals surface area contributed by atoms with Gasteiger partial charge < -0.3 is 19.7 Å². The predicted octanol–water partition coefficient (Wildman–Crippen LogP) is 2.82. The average Bonchev–Trinajstić information content (AvgIpc) is 3.34. The lowest BCUT2D eigenvalue weighted by molar-refractivity contribution is -0.00973. The van der Waals surface area contributed by atoms with Gasteiger partial charge in [-0.3, -0.25) is 0 Å². The molecule has 2 saturated heterocycles. The minimum absolute atomic E-state index is 0.0243. The molecule has 0 saturated carbocycles. The molecule has 0 amide bonds. The Morgan fingerprint density at radius 3 is 2.83 bits per heavy atom. The lowest BCUT2D eigenvalue weighted by atomic mass is 9.85. The van der Waals surface area contributed by atoms with Crippen molar-refractivity contribution in [3.05, 3.63) is 43.1 Å². The first kappa shape index (κ1) is 18.9. The molecule has 0 unspecified atom stereocenters. The molecule has 0 aliphatic carbocycles. The summed E-state index contributed by atoms with van der Waals surface area (Å²) in [7, 11) is 0. The first-order valence-electron chi connectivity index (χ1n) is 9.97. The molecule has 2 aliphatic rings. The van der Waals surface area contributed by atoms with Crippen molar-refractivity contribution in [1.82, 2.24) is 30.0 Å². The minimum Gasteiger partial charge on any atom is -0.507 e. The van der Waals surface area contributed by atoms with Gasteiger partial charge in [-0.25, -0.2) is 14.4 Å². The summed E-state index contributed by atoms with van der Waals surface area (Å²) in [4.78, 5) is 8.26. The van der Waals surface area contributed by atoms with E-state index in [4.69, 9.17) is 4.74 Å². The summed E-state index contributed by atoms with van der Waals surface area (Å²) >= 11 is 0. The quantitative estimate of drug-likeness (QED) is 0.682. The van der Waals surface area contributed by atoms with E-state index in [1.807, 2.05) is 13.0 Å². The fourth-order valence-electron chi connectivity index (χ4n) is 4.65. The molecule has 4 atom stereocenters. The Bertz CT molecular complexity index is 1060. The highest BCUT2D eigenvalue weighted by Crippen LogP contribution is 2.44. The number of piperidine rings is 1. The van der Waals surface area contributed by atoms with E-state index in [1.165, 1.54) is 6.20 Å². The largest absolute Gasteiger partial charge is 0.507 e. The van der Waals surface area contributed by atoms with Crippen LogP contribution in [0.25, 0.3) is 17.1 Å². The van der Waals surface area contributed by atoms with Gasteiger partial charge in [0, 0.05) is 30.4 Å². The van der Waals surface area contributed by atoms with Crippen molar-refractivity contribution in [1.29, 1.82) is 0 Å². The zero-order valence-corrected chi connectivity index (χ0v) is 16.8. The molecular weight excluding hydrogens is 387 g/mol. The maximum atomic E-state index is 15.0. The van der Waals surface area contributed by atoms with Gasteiger partial charge in [0.15, 0.2) is 12.0 Å². The van der Waals surface area contributed by atoms with E-state index in [2.05, 4.69) is 32.4 Å². The number of aromatic hydroxyl groups is 1. The second-order valence-corrected chi connectivity index (χ2v) is 8.66. The van der Waals surface area contributed by atoms with Crippen molar-refractivity contribution < 1.29 is 14.2 Å². The maximum absolute atomic E-state index is 15.0. The van der Waals surface area contributed by atoms with E-state index >= 15 is 4.39 Å². The van der Waals surface area contributed by atoms with Crippen molar-refractivity contribution in [3.63, 3.8) is 0 Å². The predicted molar refractivity (Wildman–Crippen MR) is 107 cm³/mol. The van der Waals surface area contributed by atoms with Gasteiger partial charge in [-0.15, -0.1) is 10.2 Å². The molecule has 2 fully saturated rings. The van der Waals surface area contributed by atoms with Crippen molar-refractivity contribution in [3.8, 4) is 28.7 Å². The van der Waals surface area contributed by atoms with Gasteiger partial charge in [-0.1, -0.05) is 0 Å². The summed E-state index contributed by atoms with van der Waals surface area (Å²) in [5, 5.41) is 22.0. The number of nitrogens with one attached hydrogen (secondary N) is 1. The molecule has 9 heteroatoms. The third-order valence-corrected chi connectivity index (χ3v) is 6.21. The molecule has 2 aromatic heterocycles. The van der Waals surface area contributed by atoms with Crippen LogP contribution in [0.3, 0.4) is 0 Å². The lowest BCUT2D eigenvalue weighted by Gasteiger charge is -2.43. The maximum Gasteiger partial charge on any atom is 0.252 e. The summed E-state index contributed by atoms with van der Waals surface area (Å²) in [6, 6.07) is 5.14. The van der Waals surface area contributed by atoms with E-state index in [1.54, 1.807) is 35.4 Å². The van der Waals surface area contributed by atoms with Crippen molar-refractivity contribution >= 4 is 0 Å². The number of benzene rings is 1. The molecule has 8 nitrogen and oxygen atoms in total. The van der Waals surface area contributed by atoms with E-state index in [0.29, 0.717) is 12.0 Å². The molecule has 156 valence electrons. The molecule has 2 aliphatic heterocycles. The SMILES string of the molecule is C[C@@]12CC[C@@](C)(N1)[C@@H](F)[C@@H](Oc1cnc(-c3ccc(-n4ccnc4)cc3O)nn1)C2. The summed E-state index contributed by atoms with van der Waals surface area (Å²) < 4.78 is 22.7. The highest BCUT2D eigenvalue weighted by atomic mass is 19.1. The number of hydrogen-bond acceptors (Lipinski definition) is 7. The summed E-state index contributed by atoms with van der Waals surface area (Å²) in [6.45, 7) is 4.01. The second kappa shape index (κ2) is 6.73. The Balaban J connectivity index is 1.34. The fourth-order valence-corrected chi connectivity index (χ4v) is 4.65. The number of alkyl halides is 1. The van der Waals surface area contributed by atoms with Crippen LogP contribution in [-0.4, -0.2) is 53.2 Å². The van der Waals surface area contributed by atoms with Gasteiger partial charge >= 0.3 is 0 Å². The molecule has 0 radical (unpaired) electrons. The van der Waals surface area contributed by atoms with Crippen LogP contribution in [0.4, 0.5) is 4.39 Å². The highest BCUT2D eigenvalue weighted by molar-refractivity contribution is 5.65. The van der Waals surface area contributed by atoms with Gasteiger partial charge in [0.2, 0.25) is 0 Å². The van der Waals surface area contributed by atoms with Crippen LogP contribution in [0.1, 0.15) is 33.1 Å². The summed E-state index contributed by atoms with van der Waals surface area (Å²) in [5.74, 6) is 0.462. The topological polar surface area (TPSA) is 98.0 Å². The van der Waals surface area contributed by atoms with Gasteiger partial charge in [0.1, 0.15) is 11.9 Å². The number of rotatable bonds is 4. The van der Waals surface area contributed by atoms with Crippen LogP contribution in [0.5, 0.6) is 11.6 Å². The van der Waals surface area contributed by atoms with Crippen molar-refractivity contribution in [2.45, 2.75) is 56.5 Å². The second-order valence-electron chi connectivity index (χ2n) is 8.66. The fraction of sp³-hybridized carbons (Fsp3) is 0.429. The molecule has 5 rings (SSSR count). The number of aromatic nitrogens is 5. The van der Waals surface area contributed by atoms with Crippen LogP contribution >= 0.6 is 0 Å². The number of hydrogen-bond donors (Lipinski definition) is 2. The van der Waals surface area contributed by atoms with Gasteiger partial charge in [0.05, 0.1) is 29.3 Å². The van der Waals surface area contributed by atoms with Crippen LogP contribution < -0.4 is 10.1 Å². The van der Waals surface area contributed by atoms with Crippen LogP contribution in [0.15, 0.2) is 43.1 Å². The summed E-state index contributed by atoms with van der Waals surface area (Å²) in [5.41, 5.74) is 0.492. The number of imidazole rings is 1. The standard InChI is InChI=1S/C21H23FN6O2/c1-20-5-6-21(2,27-20)18(22)16(10-20)30-17-11-24-19(26-25-17)14-4-3-13(9-15(14)29)28-8-7-23-12-28/h3-4,7-9,11-12,16,18,27,29H,5-6,10H2,1-2H3/t16-,18-,20-,21+/m0/s1. The average molecular weight is 410 g/mol. The van der Waals surface area contributed by atoms with Crippen LogP contribution in [-0.2, 0) is 0 Å². The first-order valence-corrected chi connectivity index (χ1v) is 9.97. The van der Waals surface area contributed by atoms with E-state index in [0.717, 1.165) is 18.5 Å². The Morgan fingerprint density at radius 1 is 1.27 bits per heavy atom. The summed E-state index contributed by atoms with van der Waals surface area (Å²) in [6.07, 6.45) is 7.02. The number of phenolic OH excluding ortho intramolecular Hbond substituents is 1. The monoisotopic (exact) mass is 410 g/mol. The van der Waals surface area contributed by atoms with E-state index in [-0.39, 0.29) is 23.0 Å². The molecular formula is C21H23FN6O2. The van der Waals surface area contributed by atoms with Crippen molar-refractivity contribution in [2.24, 2.45) is 0 Å². The van der Waals surface area contributed by atoms with Crippen molar-refractivity contribution in [2.75, 3.05) is 0 Å². The third-order valence-electron chi connectivity index (χ3n) is 6.21. The normalized spacial score (nSPS) is 30.4. The number of halogens is 1. The minimum atomic E-state index is -1.14. The van der Waals surface area contributed by atoms with Gasteiger partial charge in [0.25, 0.3) is 5.88 Å². The molecule has 4 heterocycles. The number of nitrogens with zero attached hydrogens (tertiary/aromatic N) is 5. The first-order chi connectivity index (χ1) is 14.4. The lowest BCUT2D eigenvalue weighted by Crippen LogP contribution is -2.63. The molecule has 2 N–H and O–H groups in total. The number of fused-ring (bicyclic) bond motifs is 2. The number of ether oxygens (including phenoxy) is 1. The van der Waals surface area contributed by atoms with E-state index < -0.39 is 17.8 Å². The van der Waals surface area contributed by atoms with Crippen LogP contribution in [0.2, 0.25) is 0 Å². The molecule has 30 heavy (non-hydrogen) atoms. The van der Waals surface area contributed by atoms with E-state index in [9.17, 15) is 5.11 Å². The van der Waals surface area contributed by atoms with Gasteiger partial charge in [-0.2, -0.15) is 0 Å². The van der Waals surface area contributed by atoms with Gasteiger partial charge in [-0.05, 0) is 38.8 Å². The molecule has 2 bridgehead atoms. The van der Waals surface area contributed by atoms with Crippen LogP contribution in [0, 0.1) is 0 Å². The Morgan fingerprint density at radius 2 is 2.13 bits per heavy atom. The Kier molecular flexibility index (Phi) is 4.25. The Hall–Kier alpha value is -3.07. The zero-order chi connectivity index (χ0) is 20.9. The zero-order valence-electron chi connectivity index (χ0n) is 16.8.